The van der Waals surface area contributed by atoms with Crippen LogP contribution in [0.4, 0.5) is 11.4 Å². The number of amides is 2. The van der Waals surface area contributed by atoms with Crippen LogP contribution in [0.3, 0.4) is 0 Å². The minimum Gasteiger partial charge on any atom is -0.493 e. The summed E-state index contributed by atoms with van der Waals surface area (Å²) in [4.78, 5) is 25.7. The van der Waals surface area contributed by atoms with Crippen LogP contribution in [0.25, 0.3) is 6.08 Å². The molecule has 0 aliphatic carbocycles. The maximum absolute atomic E-state index is 12.9. The minimum absolute atomic E-state index is 0.304. The molecule has 30 heavy (non-hydrogen) atoms. The van der Waals surface area contributed by atoms with Crippen molar-refractivity contribution in [2.24, 2.45) is 0 Å². The van der Waals surface area contributed by atoms with Gasteiger partial charge in [0.15, 0.2) is 0 Å². The third kappa shape index (κ3) is 5.14. The van der Waals surface area contributed by atoms with Crippen molar-refractivity contribution < 1.29 is 14.3 Å². The summed E-state index contributed by atoms with van der Waals surface area (Å²) in [6.07, 6.45) is 3.89. The third-order valence-electron chi connectivity index (χ3n) is 4.36. The normalized spacial score (nSPS) is 10.6. The molecular formula is C25H24N2O3. The van der Waals surface area contributed by atoms with Gasteiger partial charge in [0.1, 0.15) is 5.75 Å². The Kier molecular flexibility index (Phi) is 7.00. The molecule has 0 unspecified atom stereocenters. The van der Waals surface area contributed by atoms with Gasteiger partial charge in [-0.2, -0.15) is 0 Å². The van der Waals surface area contributed by atoms with E-state index in [4.69, 9.17) is 4.74 Å². The summed E-state index contributed by atoms with van der Waals surface area (Å²) in [5.41, 5.74) is 2.88. The highest BCUT2D eigenvalue weighted by molar-refractivity contribution is 6.13. The number of carbonyl (C=O) groups is 2. The van der Waals surface area contributed by atoms with Gasteiger partial charge < -0.3 is 15.4 Å². The fourth-order valence-corrected chi connectivity index (χ4v) is 3.03. The van der Waals surface area contributed by atoms with Crippen molar-refractivity contribution in [2.75, 3.05) is 17.2 Å². The van der Waals surface area contributed by atoms with Crippen LogP contribution in [0, 0.1) is 0 Å². The van der Waals surface area contributed by atoms with Crippen molar-refractivity contribution in [3.05, 3.63) is 95.6 Å². The lowest BCUT2D eigenvalue weighted by Crippen LogP contribution is -2.19. The first-order valence-electron chi connectivity index (χ1n) is 9.78. The smallest absolute Gasteiger partial charge is 0.259 e. The molecule has 0 spiro atoms. The number of nitrogens with one attached hydrogen (secondary N) is 2. The van der Waals surface area contributed by atoms with Gasteiger partial charge in [-0.25, -0.2) is 0 Å². The lowest BCUT2D eigenvalue weighted by Gasteiger charge is -2.13. The van der Waals surface area contributed by atoms with Gasteiger partial charge in [-0.05, 0) is 55.8 Å². The Hall–Kier alpha value is -3.86. The van der Waals surface area contributed by atoms with Crippen molar-refractivity contribution in [1.82, 2.24) is 0 Å². The molecule has 0 radical (unpaired) electrons. The summed E-state index contributed by atoms with van der Waals surface area (Å²) in [6, 6.07) is 21.5. The molecule has 3 aromatic rings. The number of anilines is 2. The van der Waals surface area contributed by atoms with E-state index in [1.54, 1.807) is 42.5 Å². The van der Waals surface area contributed by atoms with E-state index >= 15 is 0 Å². The summed E-state index contributed by atoms with van der Waals surface area (Å²) in [5.74, 6) is -0.142. The Morgan fingerprint density at radius 1 is 0.867 bits per heavy atom. The van der Waals surface area contributed by atoms with E-state index in [-0.39, 0.29) is 11.8 Å². The van der Waals surface area contributed by atoms with Crippen LogP contribution in [0.15, 0.2) is 78.9 Å². The first-order chi connectivity index (χ1) is 14.6. The van der Waals surface area contributed by atoms with Gasteiger partial charge >= 0.3 is 0 Å². The summed E-state index contributed by atoms with van der Waals surface area (Å²) < 4.78 is 5.54. The van der Waals surface area contributed by atoms with Crippen molar-refractivity contribution >= 4 is 29.3 Å². The van der Waals surface area contributed by atoms with E-state index in [0.717, 1.165) is 5.56 Å². The van der Waals surface area contributed by atoms with Gasteiger partial charge in [0.2, 0.25) is 0 Å². The molecule has 0 aliphatic rings. The molecule has 0 saturated carbocycles. The van der Waals surface area contributed by atoms with Gasteiger partial charge in [-0.3, -0.25) is 9.59 Å². The highest BCUT2D eigenvalue weighted by Gasteiger charge is 2.17. The molecule has 0 aromatic heterocycles. The third-order valence-corrected chi connectivity index (χ3v) is 4.36. The molecule has 3 rings (SSSR count). The number of carbonyl (C=O) groups excluding carboxylic acids is 2. The fraction of sp³-hybridized carbons (Fsp3) is 0.120. The minimum atomic E-state index is -0.339. The summed E-state index contributed by atoms with van der Waals surface area (Å²) in [6.45, 7) is 4.25. The Balaban J connectivity index is 1.81. The van der Waals surface area contributed by atoms with Gasteiger partial charge in [0.25, 0.3) is 11.8 Å². The summed E-state index contributed by atoms with van der Waals surface area (Å²) in [7, 11) is 0. The lowest BCUT2D eigenvalue weighted by molar-refractivity contribution is 0.102. The van der Waals surface area contributed by atoms with Crippen molar-refractivity contribution in [3.8, 4) is 5.75 Å². The predicted molar refractivity (Wildman–Crippen MR) is 121 cm³/mol. The molecule has 0 aliphatic heterocycles. The largest absolute Gasteiger partial charge is 0.493 e. The molecule has 0 fully saturated rings. The highest BCUT2D eigenvalue weighted by Crippen LogP contribution is 2.22. The molecule has 3 aromatic carbocycles. The summed E-state index contributed by atoms with van der Waals surface area (Å²) >= 11 is 0. The Bertz CT molecular complexity index is 1070. The zero-order valence-electron chi connectivity index (χ0n) is 17.0. The van der Waals surface area contributed by atoms with Crippen molar-refractivity contribution in [3.63, 3.8) is 0 Å². The van der Waals surface area contributed by atoms with E-state index in [1.165, 1.54) is 0 Å². The number of benzene rings is 3. The molecule has 2 N–H and O–H groups in total. The zero-order chi connectivity index (χ0) is 21.3. The molecule has 2 amide bonds. The molecule has 152 valence electrons. The van der Waals surface area contributed by atoms with Crippen molar-refractivity contribution in [1.29, 1.82) is 0 Å². The van der Waals surface area contributed by atoms with Crippen LogP contribution in [0.1, 0.15) is 40.1 Å². The molecule has 0 saturated heterocycles. The maximum Gasteiger partial charge on any atom is 0.259 e. The first-order valence-corrected chi connectivity index (χ1v) is 9.78. The highest BCUT2D eigenvalue weighted by atomic mass is 16.5. The second-order valence-corrected chi connectivity index (χ2v) is 6.51. The molecule has 5 heteroatoms. The van der Waals surface area contributed by atoms with E-state index in [0.29, 0.717) is 34.9 Å². The molecule has 5 nitrogen and oxygen atoms in total. The molecule has 0 heterocycles. The summed E-state index contributed by atoms with van der Waals surface area (Å²) in [5, 5.41) is 5.73. The fourth-order valence-electron chi connectivity index (χ4n) is 3.03. The number of hydrogen-bond acceptors (Lipinski definition) is 3. The number of rotatable bonds is 7. The lowest BCUT2D eigenvalue weighted by atomic mass is 10.1. The van der Waals surface area contributed by atoms with E-state index in [2.05, 4.69) is 10.6 Å². The SMILES string of the molecule is C/C=C\c1cccc(NC(=O)c2ccccc2NC(=O)c2ccccc2OCC)c1. The maximum atomic E-state index is 12.9. The predicted octanol–water partition coefficient (Wildman–Crippen LogP) is 5.62. The van der Waals surface area contributed by atoms with Crippen molar-refractivity contribution in [2.45, 2.75) is 13.8 Å². The number of para-hydroxylation sites is 2. The molecule has 0 bridgehead atoms. The Morgan fingerprint density at radius 3 is 2.33 bits per heavy atom. The molecular weight excluding hydrogens is 376 g/mol. The van der Waals surface area contributed by atoms with E-state index in [1.807, 2.05) is 56.3 Å². The van der Waals surface area contributed by atoms with Gasteiger partial charge in [-0.1, -0.05) is 48.6 Å². The van der Waals surface area contributed by atoms with E-state index in [9.17, 15) is 9.59 Å². The van der Waals surface area contributed by atoms with Crippen LogP contribution in [0.2, 0.25) is 0 Å². The van der Waals surface area contributed by atoms with E-state index < -0.39 is 0 Å². The standard InChI is InChI=1S/C25H24N2O3/c1-3-10-18-11-9-12-19(17-18)26-24(28)20-13-5-7-15-22(20)27-25(29)21-14-6-8-16-23(21)30-4-2/h3,5-17H,4H2,1-2H3,(H,26,28)(H,27,29)/b10-3-. The van der Waals surface area contributed by atoms with Gasteiger partial charge in [-0.15, -0.1) is 0 Å². The Morgan fingerprint density at radius 2 is 1.57 bits per heavy atom. The first kappa shape index (κ1) is 20.9. The van der Waals surface area contributed by atoms with Gasteiger partial charge in [0, 0.05) is 5.69 Å². The van der Waals surface area contributed by atoms with Gasteiger partial charge in [0.05, 0.1) is 23.4 Å². The van der Waals surface area contributed by atoms with Crippen LogP contribution in [-0.2, 0) is 0 Å². The zero-order valence-corrected chi connectivity index (χ0v) is 17.0. The number of ether oxygens (including phenoxy) is 1. The Labute approximate surface area is 176 Å². The second-order valence-electron chi connectivity index (χ2n) is 6.51. The average Bonchev–Trinajstić information content (AvgIpc) is 2.75. The monoisotopic (exact) mass is 400 g/mol. The second kappa shape index (κ2) is 10.1. The number of allylic oxidation sites excluding steroid dienone is 1. The number of hydrogen-bond donors (Lipinski definition) is 2. The quantitative estimate of drug-likeness (QED) is 0.541. The van der Waals surface area contributed by atoms with Crippen LogP contribution >= 0.6 is 0 Å². The van der Waals surface area contributed by atoms with Crippen LogP contribution in [-0.4, -0.2) is 18.4 Å². The average molecular weight is 400 g/mol. The topological polar surface area (TPSA) is 67.4 Å². The van der Waals surface area contributed by atoms with Crippen LogP contribution < -0.4 is 15.4 Å². The van der Waals surface area contributed by atoms with Crippen LogP contribution in [0.5, 0.6) is 5.75 Å². The molecule has 0 atom stereocenters.